The fraction of sp³-hybridized carbons (Fsp3) is 0.250. The van der Waals surface area contributed by atoms with Crippen molar-refractivity contribution in [3.63, 3.8) is 0 Å². The molecule has 0 bridgehead atoms. The third-order valence-corrected chi connectivity index (χ3v) is 6.09. The van der Waals surface area contributed by atoms with Gasteiger partial charge >= 0.3 is 6.03 Å². The molecule has 1 atom stereocenters. The first-order valence-electron chi connectivity index (χ1n) is 10.8. The number of carbonyl (C=O) groups excluding carboxylic acids is 2. The van der Waals surface area contributed by atoms with E-state index in [4.69, 9.17) is 0 Å². The molecule has 8 nitrogen and oxygen atoms in total. The average Bonchev–Trinajstić information content (AvgIpc) is 3.15. The Balaban J connectivity index is 1.37. The van der Waals surface area contributed by atoms with Gasteiger partial charge in [0.25, 0.3) is 0 Å². The van der Waals surface area contributed by atoms with E-state index in [1.807, 2.05) is 41.3 Å². The van der Waals surface area contributed by atoms with Gasteiger partial charge in [-0.3, -0.25) is 9.69 Å². The van der Waals surface area contributed by atoms with Crippen LogP contribution >= 0.6 is 0 Å². The van der Waals surface area contributed by atoms with E-state index in [9.17, 15) is 14.0 Å². The summed E-state index contributed by atoms with van der Waals surface area (Å²) in [5, 5.41) is 0. The number of likely N-dealkylation sites (N-methyl/N-ethyl adjacent to an activating group) is 1. The molecule has 3 aromatic rings. The second-order valence-electron chi connectivity index (χ2n) is 8.04. The van der Waals surface area contributed by atoms with Gasteiger partial charge in [-0.1, -0.05) is 36.4 Å². The van der Waals surface area contributed by atoms with Crippen LogP contribution < -0.4 is 14.7 Å². The predicted molar refractivity (Wildman–Crippen MR) is 124 cm³/mol. The molecule has 2 aromatic carbocycles. The number of aldehydes is 1. The molecule has 1 fully saturated rings. The average molecular weight is 446 g/mol. The first-order valence-corrected chi connectivity index (χ1v) is 10.8. The molecule has 2 aliphatic heterocycles. The molecule has 2 amide bonds. The molecule has 0 spiro atoms. The number of fused-ring (bicyclic) bond motifs is 1. The second kappa shape index (κ2) is 8.50. The molecule has 1 unspecified atom stereocenters. The Hall–Kier alpha value is -4.01. The molecular formula is C24H23FN6O2. The number of anilines is 3. The number of halogens is 1. The number of piperazine rings is 1. The highest BCUT2D eigenvalue weighted by Gasteiger charge is 2.41. The van der Waals surface area contributed by atoms with Gasteiger partial charge in [0, 0.05) is 44.5 Å². The summed E-state index contributed by atoms with van der Waals surface area (Å²) in [6.07, 6.45) is 1.55. The molecule has 9 heteroatoms. The van der Waals surface area contributed by atoms with E-state index in [1.54, 1.807) is 29.1 Å². The van der Waals surface area contributed by atoms with Crippen molar-refractivity contribution in [3.05, 3.63) is 66.6 Å². The summed E-state index contributed by atoms with van der Waals surface area (Å²) >= 11 is 0. The smallest absolute Gasteiger partial charge is 0.326 e. The van der Waals surface area contributed by atoms with Gasteiger partial charge in [0.2, 0.25) is 0 Å². The van der Waals surface area contributed by atoms with E-state index in [0.717, 1.165) is 17.5 Å². The summed E-state index contributed by atoms with van der Waals surface area (Å²) in [7, 11) is 1.74. The summed E-state index contributed by atoms with van der Waals surface area (Å²) in [5.41, 5.74) is 2.16. The minimum absolute atomic E-state index is 0.271. The number of nitrogens with zero attached hydrogens (tertiary/aromatic N) is 6. The number of aromatic nitrogens is 2. The SMILES string of the molecule is CN1c2nc(-c3ccccc3)ncc2N(C(=O)N2CCN(c3cccc(F)c3)CC2)C1C=O. The molecule has 33 heavy (non-hydrogen) atoms. The molecule has 0 N–H and O–H groups in total. The Morgan fingerprint density at radius 3 is 2.52 bits per heavy atom. The van der Waals surface area contributed by atoms with Gasteiger partial charge in [0.15, 0.2) is 24.1 Å². The Bertz CT molecular complexity index is 1180. The Labute approximate surface area is 190 Å². The maximum atomic E-state index is 13.6. The lowest BCUT2D eigenvalue weighted by Gasteiger charge is -2.38. The number of rotatable bonds is 3. The summed E-state index contributed by atoms with van der Waals surface area (Å²) in [5.74, 6) is 0.781. The third kappa shape index (κ3) is 3.75. The van der Waals surface area contributed by atoms with Crippen LogP contribution in [0.1, 0.15) is 0 Å². The molecule has 3 heterocycles. The molecule has 1 aromatic heterocycles. The summed E-state index contributed by atoms with van der Waals surface area (Å²) in [6.45, 7) is 2.06. The maximum absolute atomic E-state index is 13.6. The van der Waals surface area contributed by atoms with Crippen LogP contribution in [0.4, 0.5) is 26.4 Å². The standard InChI is InChI=1S/C24H23FN6O2/c1-28-21(16-32)31(20-15-26-22(27-23(20)28)17-6-3-2-4-7-17)24(33)30-12-10-29(11-13-30)19-9-5-8-18(25)14-19/h2-9,14-16,21H,10-13H2,1H3. The number of hydrogen-bond acceptors (Lipinski definition) is 6. The predicted octanol–water partition coefficient (Wildman–Crippen LogP) is 3.01. The van der Waals surface area contributed by atoms with Crippen LogP contribution in [0.25, 0.3) is 11.4 Å². The molecule has 5 rings (SSSR count). The normalized spacial score (nSPS) is 17.8. The molecular weight excluding hydrogens is 423 g/mol. The van der Waals surface area contributed by atoms with Crippen LogP contribution in [0.3, 0.4) is 0 Å². The zero-order chi connectivity index (χ0) is 22.9. The maximum Gasteiger partial charge on any atom is 0.326 e. The van der Waals surface area contributed by atoms with Gasteiger partial charge in [-0.2, -0.15) is 0 Å². The zero-order valence-corrected chi connectivity index (χ0v) is 18.1. The number of hydrogen-bond donors (Lipinski definition) is 0. The summed E-state index contributed by atoms with van der Waals surface area (Å²) in [4.78, 5) is 41.4. The highest BCUT2D eigenvalue weighted by Crippen LogP contribution is 2.38. The van der Waals surface area contributed by atoms with Crippen LogP contribution in [0.5, 0.6) is 0 Å². The lowest BCUT2D eigenvalue weighted by atomic mass is 10.2. The Morgan fingerprint density at radius 1 is 1.06 bits per heavy atom. The first kappa shape index (κ1) is 20.9. The molecule has 1 saturated heterocycles. The van der Waals surface area contributed by atoms with Crippen molar-refractivity contribution < 1.29 is 14.0 Å². The topological polar surface area (TPSA) is 72.9 Å². The highest BCUT2D eigenvalue weighted by molar-refractivity contribution is 6.03. The van der Waals surface area contributed by atoms with Gasteiger partial charge in [-0.05, 0) is 18.2 Å². The third-order valence-electron chi connectivity index (χ3n) is 6.09. The van der Waals surface area contributed by atoms with Crippen LogP contribution in [0.15, 0.2) is 60.8 Å². The lowest BCUT2D eigenvalue weighted by molar-refractivity contribution is -0.108. The number of urea groups is 1. The van der Waals surface area contributed by atoms with Crippen molar-refractivity contribution >= 4 is 29.5 Å². The molecule has 0 saturated carbocycles. The van der Waals surface area contributed by atoms with Crippen molar-refractivity contribution in [2.24, 2.45) is 0 Å². The van der Waals surface area contributed by atoms with Gasteiger partial charge in [0.05, 0.1) is 6.20 Å². The Morgan fingerprint density at radius 2 is 1.82 bits per heavy atom. The molecule has 2 aliphatic rings. The van der Waals surface area contributed by atoms with Crippen LogP contribution in [0, 0.1) is 5.82 Å². The van der Waals surface area contributed by atoms with Crippen molar-refractivity contribution in [2.45, 2.75) is 6.17 Å². The Kier molecular flexibility index (Phi) is 5.37. The minimum atomic E-state index is -0.797. The van der Waals surface area contributed by atoms with Crippen LogP contribution in [-0.4, -0.2) is 66.6 Å². The fourth-order valence-electron chi connectivity index (χ4n) is 4.31. The van der Waals surface area contributed by atoms with E-state index < -0.39 is 6.17 Å². The zero-order valence-electron chi connectivity index (χ0n) is 18.1. The monoisotopic (exact) mass is 446 g/mol. The van der Waals surface area contributed by atoms with Gasteiger partial charge in [-0.25, -0.2) is 19.2 Å². The summed E-state index contributed by atoms with van der Waals surface area (Å²) in [6, 6.07) is 15.7. The number of benzene rings is 2. The number of amides is 2. The molecule has 168 valence electrons. The first-order chi connectivity index (χ1) is 16.1. The van der Waals surface area contributed by atoms with E-state index in [-0.39, 0.29) is 11.8 Å². The lowest BCUT2D eigenvalue weighted by Crippen LogP contribution is -2.56. The molecule has 0 radical (unpaired) electrons. The van der Waals surface area contributed by atoms with Gasteiger partial charge < -0.3 is 14.7 Å². The van der Waals surface area contributed by atoms with Crippen LogP contribution in [-0.2, 0) is 4.79 Å². The van der Waals surface area contributed by atoms with Gasteiger partial charge in [0.1, 0.15) is 11.5 Å². The van der Waals surface area contributed by atoms with E-state index in [2.05, 4.69) is 9.97 Å². The van der Waals surface area contributed by atoms with E-state index >= 15 is 0 Å². The summed E-state index contributed by atoms with van der Waals surface area (Å²) < 4.78 is 13.6. The van der Waals surface area contributed by atoms with Gasteiger partial charge in [-0.15, -0.1) is 0 Å². The largest absolute Gasteiger partial charge is 0.368 e. The number of carbonyl (C=O) groups is 2. The minimum Gasteiger partial charge on any atom is -0.368 e. The van der Waals surface area contributed by atoms with E-state index in [1.165, 1.54) is 17.0 Å². The quantitative estimate of drug-likeness (QED) is 0.576. The van der Waals surface area contributed by atoms with Crippen LogP contribution in [0.2, 0.25) is 0 Å². The fourth-order valence-corrected chi connectivity index (χ4v) is 4.31. The van der Waals surface area contributed by atoms with Crippen molar-refractivity contribution in [3.8, 4) is 11.4 Å². The van der Waals surface area contributed by atoms with Crippen molar-refractivity contribution in [1.29, 1.82) is 0 Å². The van der Waals surface area contributed by atoms with Crippen molar-refractivity contribution in [1.82, 2.24) is 14.9 Å². The van der Waals surface area contributed by atoms with E-state index in [0.29, 0.717) is 43.5 Å². The second-order valence-corrected chi connectivity index (χ2v) is 8.04. The highest BCUT2D eigenvalue weighted by atomic mass is 19.1. The van der Waals surface area contributed by atoms with Crippen molar-refractivity contribution in [2.75, 3.05) is 47.9 Å². The molecule has 0 aliphatic carbocycles.